The van der Waals surface area contributed by atoms with Gasteiger partial charge in [0.25, 0.3) is 0 Å². The molecule has 1 aromatic rings. The van der Waals surface area contributed by atoms with Crippen LogP contribution in [0.4, 0.5) is 0 Å². The maximum atomic E-state index is 6.21. The van der Waals surface area contributed by atoms with Crippen LogP contribution in [0.3, 0.4) is 0 Å². The van der Waals surface area contributed by atoms with Crippen molar-refractivity contribution < 1.29 is 9.33 Å². The van der Waals surface area contributed by atoms with Gasteiger partial charge in [0.2, 0.25) is 0 Å². The largest absolute Gasteiger partial charge is 0.358 e. The Labute approximate surface area is 90.0 Å². The molecule has 3 rings (SSSR count). The quantitative estimate of drug-likeness (QED) is 0.454. The molecule has 0 amide bonds. The maximum Gasteiger partial charge on any atom is 0.167 e. The summed E-state index contributed by atoms with van der Waals surface area (Å²) in [6, 6.07) is 11.0. The SMILES string of the molecule is CC1C[N+]1(N)CC1(c2ccccc2)CO1. The van der Waals surface area contributed by atoms with Crippen LogP contribution in [0, 0.1) is 0 Å². The molecule has 3 heteroatoms. The lowest BCUT2D eigenvalue weighted by atomic mass is 10.00. The van der Waals surface area contributed by atoms with E-state index in [9.17, 15) is 0 Å². The van der Waals surface area contributed by atoms with Gasteiger partial charge in [0.15, 0.2) is 18.2 Å². The molecule has 2 aliphatic rings. The van der Waals surface area contributed by atoms with E-state index < -0.39 is 0 Å². The molecule has 15 heavy (non-hydrogen) atoms. The van der Waals surface area contributed by atoms with Gasteiger partial charge in [-0.1, -0.05) is 30.3 Å². The minimum atomic E-state index is -0.0826. The molecule has 0 aromatic heterocycles. The second kappa shape index (κ2) is 2.82. The highest BCUT2D eigenvalue weighted by atomic mass is 16.6. The van der Waals surface area contributed by atoms with Gasteiger partial charge >= 0.3 is 0 Å². The summed E-state index contributed by atoms with van der Waals surface area (Å²) in [5, 5.41) is 0. The Balaban J connectivity index is 1.81. The van der Waals surface area contributed by atoms with Gasteiger partial charge in [0, 0.05) is 0 Å². The van der Waals surface area contributed by atoms with Gasteiger partial charge in [-0.3, -0.25) is 0 Å². The number of epoxide rings is 1. The van der Waals surface area contributed by atoms with Crippen molar-refractivity contribution in [2.45, 2.75) is 18.6 Å². The van der Waals surface area contributed by atoms with Crippen LogP contribution in [0.5, 0.6) is 0 Å². The maximum absolute atomic E-state index is 6.21. The van der Waals surface area contributed by atoms with Gasteiger partial charge in [-0.2, -0.15) is 5.84 Å². The number of hydrogen-bond acceptors (Lipinski definition) is 2. The van der Waals surface area contributed by atoms with E-state index in [-0.39, 0.29) is 5.60 Å². The topological polar surface area (TPSA) is 38.5 Å². The van der Waals surface area contributed by atoms with Crippen molar-refractivity contribution in [3.8, 4) is 0 Å². The summed E-state index contributed by atoms with van der Waals surface area (Å²) >= 11 is 0. The molecule has 3 atom stereocenters. The van der Waals surface area contributed by atoms with Gasteiger partial charge in [-0.25, -0.2) is 4.59 Å². The average Bonchev–Trinajstić information content (AvgIpc) is 3.11. The molecular formula is C12H17N2O+. The predicted octanol–water partition coefficient (Wildman–Crippen LogP) is 1.00. The number of nitrogens with zero attached hydrogens (tertiary/aromatic N) is 1. The molecule has 80 valence electrons. The zero-order valence-electron chi connectivity index (χ0n) is 9.02. The first kappa shape index (κ1) is 9.33. The zero-order valence-corrected chi connectivity index (χ0v) is 9.02. The molecule has 2 fully saturated rings. The molecule has 3 nitrogen and oxygen atoms in total. The Kier molecular flexibility index (Phi) is 1.75. The van der Waals surface area contributed by atoms with Crippen molar-refractivity contribution in [2.75, 3.05) is 19.7 Å². The van der Waals surface area contributed by atoms with Crippen LogP contribution in [0.25, 0.3) is 0 Å². The lowest BCUT2D eigenvalue weighted by Crippen LogP contribution is -2.43. The second-order valence-corrected chi connectivity index (χ2v) is 4.94. The summed E-state index contributed by atoms with van der Waals surface area (Å²) in [6.07, 6.45) is 0. The number of nitrogens with two attached hydrogens (primary N) is 1. The number of hydrogen-bond donors (Lipinski definition) is 1. The summed E-state index contributed by atoms with van der Waals surface area (Å²) in [7, 11) is 0. The lowest BCUT2D eigenvalue weighted by Gasteiger charge is -2.18. The fraction of sp³-hybridized carbons (Fsp3) is 0.500. The summed E-state index contributed by atoms with van der Waals surface area (Å²) < 4.78 is 6.33. The third kappa shape index (κ3) is 1.47. The summed E-state index contributed by atoms with van der Waals surface area (Å²) in [5.41, 5.74) is 1.19. The fourth-order valence-corrected chi connectivity index (χ4v) is 2.32. The number of quaternary nitrogens is 1. The van der Waals surface area contributed by atoms with Crippen molar-refractivity contribution >= 4 is 0 Å². The van der Waals surface area contributed by atoms with E-state index in [1.54, 1.807) is 0 Å². The second-order valence-electron chi connectivity index (χ2n) is 4.94. The monoisotopic (exact) mass is 205 g/mol. The first-order valence-corrected chi connectivity index (χ1v) is 5.50. The molecule has 0 saturated carbocycles. The van der Waals surface area contributed by atoms with E-state index in [2.05, 4.69) is 31.2 Å². The van der Waals surface area contributed by atoms with Crippen LogP contribution in [-0.2, 0) is 10.3 Å². The van der Waals surface area contributed by atoms with E-state index in [1.165, 1.54) is 5.56 Å². The van der Waals surface area contributed by atoms with E-state index in [1.807, 2.05) is 6.07 Å². The predicted molar refractivity (Wildman–Crippen MR) is 57.7 cm³/mol. The Hall–Kier alpha value is -0.900. The summed E-state index contributed by atoms with van der Waals surface area (Å²) in [4.78, 5) is 0. The minimum absolute atomic E-state index is 0.0826. The Morgan fingerprint density at radius 3 is 2.53 bits per heavy atom. The third-order valence-electron chi connectivity index (χ3n) is 3.69. The molecule has 2 heterocycles. The number of rotatable bonds is 3. The van der Waals surface area contributed by atoms with Crippen molar-refractivity contribution in [3.05, 3.63) is 35.9 Å². The Bertz CT molecular complexity index is 374. The van der Waals surface area contributed by atoms with Crippen molar-refractivity contribution in [1.29, 1.82) is 0 Å². The highest BCUT2D eigenvalue weighted by Crippen LogP contribution is 2.43. The summed E-state index contributed by atoms with van der Waals surface area (Å²) in [6.45, 7) is 5.01. The molecule has 2 N–H and O–H groups in total. The van der Waals surface area contributed by atoms with Crippen molar-refractivity contribution in [2.24, 2.45) is 5.84 Å². The molecule has 0 spiro atoms. The van der Waals surface area contributed by atoms with Crippen molar-refractivity contribution in [1.82, 2.24) is 0 Å². The third-order valence-corrected chi connectivity index (χ3v) is 3.69. The fourth-order valence-electron chi connectivity index (χ4n) is 2.32. The molecule has 1 aromatic carbocycles. The molecule has 0 radical (unpaired) electrons. The van der Waals surface area contributed by atoms with Gasteiger partial charge in [-0.15, -0.1) is 0 Å². The first-order chi connectivity index (χ1) is 7.15. The summed E-state index contributed by atoms with van der Waals surface area (Å²) in [5.74, 6) is 6.21. The van der Waals surface area contributed by atoms with Gasteiger partial charge in [0.05, 0.1) is 6.61 Å². The highest BCUT2D eigenvalue weighted by molar-refractivity contribution is 5.26. The lowest BCUT2D eigenvalue weighted by molar-refractivity contribution is -0.829. The molecule has 3 unspecified atom stereocenters. The minimum Gasteiger partial charge on any atom is -0.358 e. The van der Waals surface area contributed by atoms with E-state index in [4.69, 9.17) is 10.6 Å². The van der Waals surface area contributed by atoms with E-state index in [0.717, 1.165) is 19.7 Å². The zero-order chi connectivity index (χ0) is 10.5. The molecular weight excluding hydrogens is 188 g/mol. The van der Waals surface area contributed by atoms with Crippen LogP contribution < -0.4 is 5.84 Å². The molecule has 2 aliphatic heterocycles. The van der Waals surface area contributed by atoms with Gasteiger partial charge in [0.1, 0.15) is 6.54 Å². The normalized spacial score (nSPS) is 42.7. The number of benzene rings is 1. The highest BCUT2D eigenvalue weighted by Gasteiger charge is 2.60. The molecule has 0 aliphatic carbocycles. The Morgan fingerprint density at radius 2 is 2.07 bits per heavy atom. The van der Waals surface area contributed by atoms with E-state index >= 15 is 0 Å². The van der Waals surface area contributed by atoms with Crippen LogP contribution >= 0.6 is 0 Å². The molecule has 0 bridgehead atoms. The molecule has 2 saturated heterocycles. The van der Waals surface area contributed by atoms with Crippen molar-refractivity contribution in [3.63, 3.8) is 0 Å². The van der Waals surface area contributed by atoms with Crippen LogP contribution in [-0.4, -0.2) is 30.3 Å². The smallest absolute Gasteiger partial charge is 0.167 e. The average molecular weight is 205 g/mol. The standard InChI is InChI=1S/C12H17N2O/c1-10-7-14(10,13)8-12(9-15-12)11-5-3-2-4-6-11/h2-6,10H,7-9,13H2,1H3/q+1. The van der Waals surface area contributed by atoms with Gasteiger partial charge in [-0.05, 0) is 12.5 Å². The van der Waals surface area contributed by atoms with E-state index in [0.29, 0.717) is 10.6 Å². The van der Waals surface area contributed by atoms with Crippen LogP contribution in [0.1, 0.15) is 12.5 Å². The van der Waals surface area contributed by atoms with Gasteiger partial charge < -0.3 is 4.74 Å². The Morgan fingerprint density at radius 1 is 1.47 bits per heavy atom. The number of ether oxygens (including phenoxy) is 1. The first-order valence-electron chi connectivity index (χ1n) is 5.50. The van der Waals surface area contributed by atoms with Crippen LogP contribution in [0.2, 0.25) is 0 Å². The van der Waals surface area contributed by atoms with Crippen LogP contribution in [0.15, 0.2) is 30.3 Å².